The van der Waals surface area contributed by atoms with Crippen LogP contribution in [0.5, 0.6) is 0 Å². The molecule has 1 aromatic rings. The van der Waals surface area contributed by atoms with Crippen molar-refractivity contribution in [2.75, 3.05) is 18.1 Å². The Morgan fingerprint density at radius 1 is 1.25 bits per heavy atom. The third-order valence-corrected chi connectivity index (χ3v) is 3.99. The molecule has 0 bridgehead atoms. The molecule has 0 atom stereocenters. The van der Waals surface area contributed by atoms with Crippen molar-refractivity contribution in [1.82, 2.24) is 0 Å². The van der Waals surface area contributed by atoms with Crippen molar-refractivity contribution in [3.63, 3.8) is 0 Å². The molecule has 2 rings (SSSR count). The van der Waals surface area contributed by atoms with Crippen molar-refractivity contribution >= 4 is 15.5 Å². The number of hydrogen-bond donors (Lipinski definition) is 1. The van der Waals surface area contributed by atoms with Gasteiger partial charge in [-0.15, -0.1) is 0 Å². The van der Waals surface area contributed by atoms with Gasteiger partial charge in [-0.25, -0.2) is 8.42 Å². The molecule has 4 heteroatoms. The third-order valence-electron chi connectivity index (χ3n) is 2.86. The molecule has 0 aromatic heterocycles. The van der Waals surface area contributed by atoms with Gasteiger partial charge in [0.05, 0.1) is 4.90 Å². The van der Waals surface area contributed by atoms with Gasteiger partial charge in [-0.1, -0.05) is 12.8 Å². The Hall–Kier alpha value is -1.03. The molecule has 88 valence electrons. The lowest BCUT2D eigenvalue weighted by molar-refractivity contribution is 0.602. The molecule has 0 unspecified atom stereocenters. The highest BCUT2D eigenvalue weighted by atomic mass is 32.2. The van der Waals surface area contributed by atoms with Crippen LogP contribution >= 0.6 is 0 Å². The molecule has 1 aromatic carbocycles. The summed E-state index contributed by atoms with van der Waals surface area (Å²) in [4.78, 5) is 0.375. The van der Waals surface area contributed by atoms with E-state index >= 15 is 0 Å². The predicted octanol–water partition coefficient (Wildman–Crippen LogP) is 2.30. The number of anilines is 1. The van der Waals surface area contributed by atoms with Gasteiger partial charge >= 0.3 is 0 Å². The van der Waals surface area contributed by atoms with Crippen molar-refractivity contribution in [3.8, 4) is 0 Å². The highest BCUT2D eigenvalue weighted by molar-refractivity contribution is 7.90. The molecule has 1 aliphatic rings. The fourth-order valence-corrected chi connectivity index (χ4v) is 2.28. The van der Waals surface area contributed by atoms with Gasteiger partial charge in [-0.05, 0) is 36.6 Å². The fourth-order valence-electron chi connectivity index (χ4n) is 1.65. The van der Waals surface area contributed by atoms with E-state index in [4.69, 9.17) is 0 Å². The molecule has 16 heavy (non-hydrogen) atoms. The Morgan fingerprint density at radius 2 is 1.88 bits per heavy atom. The van der Waals surface area contributed by atoms with Crippen molar-refractivity contribution in [2.24, 2.45) is 5.92 Å². The molecular formula is C12H17NO2S. The van der Waals surface area contributed by atoms with Crippen molar-refractivity contribution < 1.29 is 8.42 Å². The van der Waals surface area contributed by atoms with E-state index in [9.17, 15) is 8.42 Å². The van der Waals surface area contributed by atoms with Crippen LogP contribution in [0.25, 0.3) is 0 Å². The molecule has 1 aliphatic carbocycles. The SMILES string of the molecule is CS(=O)(=O)c1ccc(NCCC2CC2)cc1. The summed E-state index contributed by atoms with van der Waals surface area (Å²) in [6.45, 7) is 0.975. The van der Waals surface area contributed by atoms with E-state index in [0.29, 0.717) is 4.90 Å². The first kappa shape index (κ1) is 11.5. The van der Waals surface area contributed by atoms with Gasteiger partial charge in [0.25, 0.3) is 0 Å². The van der Waals surface area contributed by atoms with Crippen LogP contribution in [-0.2, 0) is 9.84 Å². The minimum Gasteiger partial charge on any atom is -0.385 e. The first-order valence-corrected chi connectivity index (χ1v) is 7.49. The lowest BCUT2D eigenvalue weighted by Crippen LogP contribution is -2.03. The number of nitrogens with one attached hydrogen (secondary N) is 1. The van der Waals surface area contributed by atoms with Crippen LogP contribution in [0, 0.1) is 5.92 Å². The Balaban J connectivity index is 1.90. The minimum atomic E-state index is -3.07. The van der Waals surface area contributed by atoms with E-state index in [0.717, 1.165) is 18.2 Å². The monoisotopic (exact) mass is 239 g/mol. The standard InChI is InChI=1S/C12H17NO2S/c1-16(14,15)12-6-4-11(5-7-12)13-9-8-10-2-3-10/h4-7,10,13H,2-3,8-9H2,1H3. The highest BCUT2D eigenvalue weighted by Crippen LogP contribution is 2.32. The van der Waals surface area contributed by atoms with Gasteiger partial charge < -0.3 is 5.32 Å². The van der Waals surface area contributed by atoms with Gasteiger partial charge in [0.2, 0.25) is 0 Å². The summed E-state index contributed by atoms with van der Waals surface area (Å²) in [5, 5.41) is 3.30. The third kappa shape index (κ3) is 3.23. The number of hydrogen-bond acceptors (Lipinski definition) is 3. The molecular weight excluding hydrogens is 222 g/mol. The average molecular weight is 239 g/mol. The van der Waals surface area contributed by atoms with E-state index in [1.807, 2.05) is 12.1 Å². The van der Waals surface area contributed by atoms with Crippen molar-refractivity contribution in [3.05, 3.63) is 24.3 Å². The molecule has 0 spiro atoms. The molecule has 1 saturated carbocycles. The maximum Gasteiger partial charge on any atom is 0.175 e. The molecule has 1 fully saturated rings. The highest BCUT2D eigenvalue weighted by Gasteiger charge is 2.20. The van der Waals surface area contributed by atoms with Crippen LogP contribution in [0.2, 0.25) is 0 Å². The Morgan fingerprint density at radius 3 is 2.38 bits per heavy atom. The Bertz CT molecular complexity index is 446. The summed E-state index contributed by atoms with van der Waals surface area (Å²) in [7, 11) is -3.07. The van der Waals surface area contributed by atoms with Crippen LogP contribution in [0.15, 0.2) is 29.2 Å². The second-order valence-electron chi connectivity index (χ2n) is 4.46. The van der Waals surface area contributed by atoms with Gasteiger partial charge in [0.15, 0.2) is 9.84 Å². The number of benzene rings is 1. The van der Waals surface area contributed by atoms with Crippen molar-refractivity contribution in [2.45, 2.75) is 24.2 Å². The fraction of sp³-hybridized carbons (Fsp3) is 0.500. The predicted molar refractivity (Wildman–Crippen MR) is 65.4 cm³/mol. The Kier molecular flexibility index (Phi) is 3.19. The zero-order chi connectivity index (χ0) is 11.6. The normalized spacial score (nSPS) is 16.1. The summed E-state index contributed by atoms with van der Waals surface area (Å²) in [5.74, 6) is 0.919. The lowest BCUT2D eigenvalue weighted by atomic mass is 10.2. The molecule has 0 saturated heterocycles. The van der Waals surface area contributed by atoms with Gasteiger partial charge in [0.1, 0.15) is 0 Å². The van der Waals surface area contributed by atoms with E-state index < -0.39 is 9.84 Å². The second-order valence-corrected chi connectivity index (χ2v) is 6.47. The maximum absolute atomic E-state index is 11.2. The minimum absolute atomic E-state index is 0.375. The lowest BCUT2D eigenvalue weighted by Gasteiger charge is -2.06. The first-order valence-electron chi connectivity index (χ1n) is 5.60. The van der Waals surface area contributed by atoms with Crippen LogP contribution in [-0.4, -0.2) is 21.2 Å². The first-order chi connectivity index (χ1) is 7.55. The van der Waals surface area contributed by atoms with E-state index in [-0.39, 0.29) is 0 Å². The second kappa shape index (κ2) is 4.45. The zero-order valence-corrected chi connectivity index (χ0v) is 10.3. The van der Waals surface area contributed by atoms with Gasteiger partial charge in [-0.2, -0.15) is 0 Å². The zero-order valence-electron chi connectivity index (χ0n) is 9.44. The molecule has 0 aliphatic heterocycles. The largest absolute Gasteiger partial charge is 0.385 e. The molecule has 0 amide bonds. The van der Waals surface area contributed by atoms with E-state index in [2.05, 4.69) is 5.32 Å². The maximum atomic E-state index is 11.2. The summed E-state index contributed by atoms with van der Waals surface area (Å²) in [6, 6.07) is 6.94. The van der Waals surface area contributed by atoms with Gasteiger partial charge in [0, 0.05) is 18.5 Å². The quantitative estimate of drug-likeness (QED) is 0.857. The summed E-state index contributed by atoms with van der Waals surface area (Å²) >= 11 is 0. The molecule has 3 nitrogen and oxygen atoms in total. The van der Waals surface area contributed by atoms with Crippen LogP contribution < -0.4 is 5.32 Å². The van der Waals surface area contributed by atoms with E-state index in [1.165, 1.54) is 25.5 Å². The van der Waals surface area contributed by atoms with E-state index in [1.54, 1.807) is 12.1 Å². The van der Waals surface area contributed by atoms with Crippen molar-refractivity contribution in [1.29, 1.82) is 0 Å². The summed E-state index contributed by atoms with van der Waals surface area (Å²) in [5.41, 5.74) is 0.994. The number of rotatable bonds is 5. The average Bonchev–Trinajstić information content (AvgIpc) is 3.01. The van der Waals surface area contributed by atoms with Gasteiger partial charge in [-0.3, -0.25) is 0 Å². The number of sulfone groups is 1. The smallest absolute Gasteiger partial charge is 0.175 e. The summed E-state index contributed by atoms with van der Waals surface area (Å²) < 4.78 is 22.5. The Labute approximate surface area is 96.8 Å². The topological polar surface area (TPSA) is 46.2 Å². The molecule has 1 N–H and O–H groups in total. The molecule has 0 heterocycles. The van der Waals surface area contributed by atoms with Crippen LogP contribution in [0.4, 0.5) is 5.69 Å². The molecule has 0 radical (unpaired) electrons. The van der Waals surface area contributed by atoms with Crippen LogP contribution in [0.3, 0.4) is 0 Å². The summed E-state index contributed by atoms with van der Waals surface area (Å²) in [6.07, 6.45) is 5.18. The van der Waals surface area contributed by atoms with Crippen LogP contribution in [0.1, 0.15) is 19.3 Å².